The third kappa shape index (κ3) is 2.18. The van der Waals surface area contributed by atoms with Gasteiger partial charge in [0, 0.05) is 5.69 Å². The molecule has 0 aliphatic rings. The van der Waals surface area contributed by atoms with E-state index in [0.717, 1.165) is 11.6 Å². The molecular weight excluding hydrogens is 173 g/mol. The fraction of sp³-hybridized carbons (Fsp3) is 0.222. The summed E-state index contributed by atoms with van der Waals surface area (Å²) in [6.45, 7) is 3.38. The lowest BCUT2D eigenvalue weighted by atomic mass is 10.1. The quantitative estimate of drug-likeness (QED) is 0.702. The third-order valence-electron chi connectivity index (χ3n) is 1.86. The van der Waals surface area contributed by atoms with E-state index in [9.17, 15) is 9.18 Å². The monoisotopic (exact) mass is 183 g/mol. The molecule has 0 saturated heterocycles. The van der Waals surface area contributed by atoms with Gasteiger partial charge >= 0.3 is 6.09 Å². The van der Waals surface area contributed by atoms with Gasteiger partial charge < -0.3 is 5.11 Å². The largest absolute Gasteiger partial charge is 0.465 e. The van der Waals surface area contributed by atoms with E-state index in [0.29, 0.717) is 5.56 Å². The van der Waals surface area contributed by atoms with E-state index < -0.39 is 11.9 Å². The van der Waals surface area contributed by atoms with Gasteiger partial charge in [0.1, 0.15) is 5.82 Å². The average Bonchev–Trinajstić information content (AvgIpc) is 1.98. The number of carbonyl (C=O) groups is 1. The van der Waals surface area contributed by atoms with Crippen LogP contribution in [0.2, 0.25) is 0 Å². The Labute approximate surface area is 75.2 Å². The first-order valence-corrected chi connectivity index (χ1v) is 3.77. The normalized spacial score (nSPS) is 9.77. The molecule has 0 spiro atoms. The molecule has 4 heteroatoms. The summed E-state index contributed by atoms with van der Waals surface area (Å²) in [6, 6.07) is 2.75. The lowest BCUT2D eigenvalue weighted by molar-refractivity contribution is 0.209. The van der Waals surface area contributed by atoms with E-state index in [1.807, 2.05) is 0 Å². The highest BCUT2D eigenvalue weighted by atomic mass is 19.1. The summed E-state index contributed by atoms with van der Waals surface area (Å²) in [6.07, 6.45) is -1.19. The molecule has 1 aromatic rings. The minimum absolute atomic E-state index is 0.258. The van der Waals surface area contributed by atoms with Gasteiger partial charge in [0.05, 0.1) is 0 Å². The van der Waals surface area contributed by atoms with Crippen molar-refractivity contribution in [1.29, 1.82) is 0 Å². The standard InChI is InChI=1S/C9H10FNO2/c1-5-3-7(11-9(12)13)4-8(10)6(5)2/h3-4,11H,1-2H3,(H,12,13). The summed E-state index contributed by atoms with van der Waals surface area (Å²) in [5.41, 5.74) is 1.52. The maximum atomic E-state index is 13.1. The highest BCUT2D eigenvalue weighted by Gasteiger charge is 2.05. The van der Waals surface area contributed by atoms with E-state index in [1.165, 1.54) is 0 Å². The Hall–Kier alpha value is -1.58. The molecule has 0 atom stereocenters. The van der Waals surface area contributed by atoms with Crippen molar-refractivity contribution in [3.8, 4) is 0 Å². The van der Waals surface area contributed by atoms with Crippen LogP contribution in [0.4, 0.5) is 14.9 Å². The first-order chi connectivity index (χ1) is 6.00. The van der Waals surface area contributed by atoms with E-state index in [2.05, 4.69) is 5.32 Å². The van der Waals surface area contributed by atoms with Crippen molar-refractivity contribution in [1.82, 2.24) is 0 Å². The molecule has 1 amide bonds. The molecule has 0 bridgehead atoms. The van der Waals surface area contributed by atoms with Crippen LogP contribution in [0, 0.1) is 19.7 Å². The topological polar surface area (TPSA) is 49.3 Å². The van der Waals surface area contributed by atoms with Crippen LogP contribution in [0.5, 0.6) is 0 Å². The van der Waals surface area contributed by atoms with Crippen molar-refractivity contribution in [3.63, 3.8) is 0 Å². The molecule has 3 nitrogen and oxygen atoms in total. The maximum absolute atomic E-state index is 13.1. The van der Waals surface area contributed by atoms with Crippen LogP contribution in [-0.4, -0.2) is 11.2 Å². The fourth-order valence-electron chi connectivity index (χ4n) is 1.01. The van der Waals surface area contributed by atoms with Crippen LogP contribution in [-0.2, 0) is 0 Å². The zero-order valence-electron chi connectivity index (χ0n) is 7.39. The molecule has 1 aromatic carbocycles. The van der Waals surface area contributed by atoms with Crippen LogP contribution in [0.3, 0.4) is 0 Å². The first-order valence-electron chi connectivity index (χ1n) is 3.77. The van der Waals surface area contributed by atoms with Gasteiger partial charge in [-0.15, -0.1) is 0 Å². The van der Waals surface area contributed by atoms with Crippen molar-refractivity contribution in [3.05, 3.63) is 29.1 Å². The Morgan fingerprint density at radius 3 is 2.54 bits per heavy atom. The van der Waals surface area contributed by atoms with E-state index >= 15 is 0 Å². The number of benzene rings is 1. The Morgan fingerprint density at radius 1 is 1.46 bits per heavy atom. The summed E-state index contributed by atoms with van der Waals surface area (Å²) < 4.78 is 13.1. The molecule has 13 heavy (non-hydrogen) atoms. The van der Waals surface area contributed by atoms with Crippen molar-refractivity contribution >= 4 is 11.8 Å². The summed E-state index contributed by atoms with van der Waals surface area (Å²) in [4.78, 5) is 10.2. The number of rotatable bonds is 1. The van der Waals surface area contributed by atoms with Gasteiger partial charge in [0.15, 0.2) is 0 Å². The molecule has 0 aliphatic heterocycles. The van der Waals surface area contributed by atoms with Crippen LogP contribution in [0.15, 0.2) is 12.1 Å². The van der Waals surface area contributed by atoms with Crippen molar-refractivity contribution < 1.29 is 14.3 Å². The molecular formula is C9H10FNO2. The molecule has 0 heterocycles. The zero-order valence-corrected chi connectivity index (χ0v) is 7.39. The Balaban J connectivity index is 3.06. The second-order valence-electron chi connectivity index (χ2n) is 2.83. The van der Waals surface area contributed by atoms with Gasteiger partial charge in [0.2, 0.25) is 0 Å². The van der Waals surface area contributed by atoms with Gasteiger partial charge in [0.25, 0.3) is 0 Å². The van der Waals surface area contributed by atoms with Crippen LogP contribution in [0.25, 0.3) is 0 Å². The predicted molar refractivity (Wildman–Crippen MR) is 47.5 cm³/mol. The van der Waals surface area contributed by atoms with Gasteiger partial charge in [-0.1, -0.05) is 0 Å². The Bertz CT molecular complexity index is 326. The summed E-state index contributed by atoms with van der Waals surface area (Å²) in [7, 11) is 0. The third-order valence-corrected chi connectivity index (χ3v) is 1.86. The smallest absolute Gasteiger partial charge is 0.409 e. The molecule has 1 rings (SSSR count). The second-order valence-corrected chi connectivity index (χ2v) is 2.83. The van der Waals surface area contributed by atoms with E-state index in [4.69, 9.17) is 5.11 Å². The number of nitrogens with one attached hydrogen (secondary N) is 1. The zero-order chi connectivity index (χ0) is 10.0. The first kappa shape index (κ1) is 9.51. The van der Waals surface area contributed by atoms with Crippen molar-refractivity contribution in [2.45, 2.75) is 13.8 Å². The molecule has 0 aromatic heterocycles. The maximum Gasteiger partial charge on any atom is 0.409 e. The minimum atomic E-state index is -1.19. The summed E-state index contributed by atoms with van der Waals surface area (Å²) in [5, 5.41) is 10.5. The van der Waals surface area contributed by atoms with Gasteiger partial charge in [-0.2, -0.15) is 0 Å². The van der Waals surface area contributed by atoms with E-state index in [1.54, 1.807) is 19.9 Å². The minimum Gasteiger partial charge on any atom is -0.465 e. The molecule has 0 fully saturated rings. The Kier molecular flexibility index (Phi) is 2.51. The fourth-order valence-corrected chi connectivity index (χ4v) is 1.01. The van der Waals surface area contributed by atoms with Gasteiger partial charge in [-0.25, -0.2) is 9.18 Å². The van der Waals surface area contributed by atoms with Crippen molar-refractivity contribution in [2.24, 2.45) is 0 Å². The number of amides is 1. The number of hydrogen-bond acceptors (Lipinski definition) is 1. The molecule has 70 valence electrons. The number of carboxylic acid groups (broad SMARTS) is 1. The van der Waals surface area contributed by atoms with E-state index in [-0.39, 0.29) is 5.69 Å². The molecule has 2 N–H and O–H groups in total. The van der Waals surface area contributed by atoms with Gasteiger partial charge in [-0.3, -0.25) is 5.32 Å². The molecule has 0 radical (unpaired) electrons. The number of halogens is 1. The number of aryl methyl sites for hydroxylation is 1. The highest BCUT2D eigenvalue weighted by molar-refractivity contribution is 5.83. The SMILES string of the molecule is Cc1cc(NC(=O)O)cc(F)c1C. The average molecular weight is 183 g/mol. The second kappa shape index (κ2) is 3.43. The van der Waals surface area contributed by atoms with Crippen LogP contribution >= 0.6 is 0 Å². The van der Waals surface area contributed by atoms with Crippen LogP contribution < -0.4 is 5.32 Å². The predicted octanol–water partition coefficient (Wildman–Crippen LogP) is 2.53. The van der Waals surface area contributed by atoms with Gasteiger partial charge in [-0.05, 0) is 37.1 Å². The summed E-state index contributed by atoms with van der Waals surface area (Å²) >= 11 is 0. The number of hydrogen-bond donors (Lipinski definition) is 2. The summed E-state index contributed by atoms with van der Waals surface area (Å²) in [5.74, 6) is -0.399. The number of anilines is 1. The molecule has 0 saturated carbocycles. The molecule has 0 aliphatic carbocycles. The van der Waals surface area contributed by atoms with Crippen LogP contribution in [0.1, 0.15) is 11.1 Å². The lowest BCUT2D eigenvalue weighted by Crippen LogP contribution is -2.08. The highest BCUT2D eigenvalue weighted by Crippen LogP contribution is 2.18. The lowest BCUT2D eigenvalue weighted by Gasteiger charge is -2.05. The molecule has 0 unspecified atom stereocenters. The Morgan fingerprint density at radius 2 is 2.08 bits per heavy atom. The van der Waals surface area contributed by atoms with Crippen molar-refractivity contribution in [2.75, 3.05) is 5.32 Å².